The van der Waals surface area contributed by atoms with Crippen molar-refractivity contribution in [3.8, 4) is 11.4 Å². The molecular weight excluding hydrogens is 350 g/mol. The quantitative estimate of drug-likeness (QED) is 0.660. The molecule has 130 valence electrons. The number of hydrogen-bond acceptors (Lipinski definition) is 6. The number of anilines is 1. The summed E-state index contributed by atoms with van der Waals surface area (Å²) in [4.78, 5) is 32.3. The van der Waals surface area contributed by atoms with Crippen molar-refractivity contribution >= 4 is 23.3 Å². The van der Waals surface area contributed by atoms with Crippen LogP contribution in [0.15, 0.2) is 48.8 Å². The van der Waals surface area contributed by atoms with E-state index in [4.69, 9.17) is 11.6 Å². The van der Waals surface area contributed by atoms with Crippen LogP contribution in [-0.2, 0) is 0 Å². The first-order valence-electron chi connectivity index (χ1n) is 8.43. The Kier molecular flexibility index (Phi) is 4.58. The Balaban J connectivity index is 1.83. The van der Waals surface area contributed by atoms with E-state index >= 15 is 0 Å². The third kappa shape index (κ3) is 3.28. The monoisotopic (exact) mass is 365 g/mol. The molecule has 0 N–H and O–H groups in total. The van der Waals surface area contributed by atoms with Crippen molar-refractivity contribution in [2.45, 2.75) is 12.8 Å². The first-order chi connectivity index (χ1) is 12.7. The van der Waals surface area contributed by atoms with Gasteiger partial charge in [0.25, 0.3) is 0 Å². The highest BCUT2D eigenvalue weighted by Crippen LogP contribution is 2.27. The number of benzene rings is 1. The molecule has 0 saturated carbocycles. The van der Waals surface area contributed by atoms with E-state index in [0.717, 1.165) is 25.9 Å². The molecule has 4 rings (SSSR count). The normalized spacial score (nSPS) is 13.8. The van der Waals surface area contributed by atoms with Crippen LogP contribution in [0.25, 0.3) is 11.4 Å². The molecule has 0 atom stereocenters. The van der Waals surface area contributed by atoms with E-state index in [-0.39, 0.29) is 11.6 Å². The summed E-state index contributed by atoms with van der Waals surface area (Å²) in [5.74, 6) is 0.735. The third-order valence-electron chi connectivity index (χ3n) is 4.25. The second-order valence-corrected chi connectivity index (χ2v) is 6.43. The highest BCUT2D eigenvalue weighted by molar-refractivity contribution is 6.33. The van der Waals surface area contributed by atoms with Crippen LogP contribution >= 0.6 is 11.6 Å². The van der Waals surface area contributed by atoms with Gasteiger partial charge in [-0.05, 0) is 37.1 Å². The second kappa shape index (κ2) is 7.17. The van der Waals surface area contributed by atoms with Crippen LogP contribution in [0.4, 0.5) is 5.95 Å². The molecule has 1 aromatic carbocycles. The lowest BCUT2D eigenvalue weighted by Crippen LogP contribution is -2.23. The molecular formula is C19H16ClN5O. The molecule has 1 fully saturated rings. The van der Waals surface area contributed by atoms with Crippen molar-refractivity contribution in [2.24, 2.45) is 0 Å². The van der Waals surface area contributed by atoms with Crippen LogP contribution in [-0.4, -0.2) is 38.8 Å². The fraction of sp³-hybridized carbons (Fsp3) is 0.211. The zero-order valence-electron chi connectivity index (χ0n) is 14.0. The Morgan fingerprint density at radius 1 is 1.00 bits per heavy atom. The minimum absolute atomic E-state index is 0.102. The molecule has 0 amide bonds. The van der Waals surface area contributed by atoms with Gasteiger partial charge >= 0.3 is 0 Å². The molecule has 26 heavy (non-hydrogen) atoms. The van der Waals surface area contributed by atoms with Gasteiger partial charge in [-0.2, -0.15) is 9.97 Å². The summed E-state index contributed by atoms with van der Waals surface area (Å²) in [7, 11) is 0. The molecule has 6 nitrogen and oxygen atoms in total. The van der Waals surface area contributed by atoms with E-state index in [1.807, 2.05) is 18.2 Å². The summed E-state index contributed by atoms with van der Waals surface area (Å²) in [5.41, 5.74) is 1.12. The van der Waals surface area contributed by atoms with Crippen LogP contribution in [0.3, 0.4) is 0 Å². The number of rotatable bonds is 4. The molecule has 0 aliphatic carbocycles. The number of hydrogen-bond donors (Lipinski definition) is 0. The Labute approximate surface area is 155 Å². The topological polar surface area (TPSA) is 71.9 Å². The van der Waals surface area contributed by atoms with Crippen molar-refractivity contribution in [1.82, 2.24) is 19.9 Å². The molecule has 0 unspecified atom stereocenters. The maximum atomic E-state index is 12.8. The summed E-state index contributed by atoms with van der Waals surface area (Å²) in [6.07, 6.45) is 5.30. The number of carbonyl (C=O) groups is 1. The molecule has 7 heteroatoms. The Morgan fingerprint density at radius 3 is 2.54 bits per heavy atom. The average molecular weight is 366 g/mol. The van der Waals surface area contributed by atoms with Gasteiger partial charge in [0.2, 0.25) is 17.6 Å². The number of carbonyl (C=O) groups excluding carboxylic acids is 1. The molecule has 0 bridgehead atoms. The van der Waals surface area contributed by atoms with Gasteiger partial charge in [-0.15, -0.1) is 0 Å². The van der Waals surface area contributed by atoms with E-state index in [2.05, 4.69) is 24.8 Å². The lowest BCUT2D eigenvalue weighted by Gasteiger charge is -2.16. The Bertz CT molecular complexity index is 942. The van der Waals surface area contributed by atoms with Gasteiger partial charge in [0.1, 0.15) is 0 Å². The van der Waals surface area contributed by atoms with Crippen LogP contribution in [0, 0.1) is 0 Å². The van der Waals surface area contributed by atoms with Crippen molar-refractivity contribution in [3.63, 3.8) is 0 Å². The maximum absolute atomic E-state index is 12.8. The van der Waals surface area contributed by atoms with Gasteiger partial charge in [-0.1, -0.05) is 23.7 Å². The predicted octanol–water partition coefficient (Wildman–Crippen LogP) is 3.42. The van der Waals surface area contributed by atoms with Gasteiger partial charge in [-0.3, -0.25) is 9.78 Å². The number of aromatic nitrogens is 4. The summed E-state index contributed by atoms with van der Waals surface area (Å²) < 4.78 is 0. The maximum Gasteiger partial charge on any atom is 0.231 e. The van der Waals surface area contributed by atoms with Gasteiger partial charge in [0.05, 0.1) is 5.02 Å². The van der Waals surface area contributed by atoms with Crippen LogP contribution in [0.5, 0.6) is 0 Å². The molecule has 1 saturated heterocycles. The van der Waals surface area contributed by atoms with Crippen molar-refractivity contribution in [3.05, 3.63) is 65.2 Å². The Hall–Kier alpha value is -2.86. The zero-order valence-corrected chi connectivity index (χ0v) is 14.7. The lowest BCUT2D eigenvalue weighted by molar-refractivity contribution is 0.102. The number of nitrogens with zero attached hydrogens (tertiary/aromatic N) is 5. The fourth-order valence-corrected chi connectivity index (χ4v) is 3.13. The summed E-state index contributed by atoms with van der Waals surface area (Å²) in [6.45, 7) is 1.74. The van der Waals surface area contributed by atoms with Gasteiger partial charge in [0.15, 0.2) is 5.82 Å². The average Bonchev–Trinajstić information content (AvgIpc) is 3.23. The molecule has 0 spiro atoms. The van der Waals surface area contributed by atoms with Crippen molar-refractivity contribution in [1.29, 1.82) is 0 Å². The summed E-state index contributed by atoms with van der Waals surface area (Å²) in [6, 6.07) is 10.7. The first-order valence-corrected chi connectivity index (χ1v) is 8.81. The summed E-state index contributed by atoms with van der Waals surface area (Å²) in [5, 5.41) is 0.533. The Morgan fingerprint density at radius 2 is 1.81 bits per heavy atom. The first kappa shape index (κ1) is 16.6. The molecule has 3 heterocycles. The fourth-order valence-electron chi connectivity index (χ4n) is 2.91. The number of pyridine rings is 1. The predicted molar refractivity (Wildman–Crippen MR) is 99.4 cm³/mol. The zero-order chi connectivity index (χ0) is 17.9. The molecule has 1 aliphatic heterocycles. The highest BCUT2D eigenvalue weighted by atomic mass is 35.5. The van der Waals surface area contributed by atoms with E-state index < -0.39 is 0 Å². The third-order valence-corrected chi connectivity index (χ3v) is 4.58. The summed E-state index contributed by atoms with van der Waals surface area (Å²) >= 11 is 6.31. The molecule has 1 aliphatic rings. The van der Waals surface area contributed by atoms with Gasteiger partial charge in [-0.25, -0.2) is 4.98 Å². The standard InChI is InChI=1S/C19H16ClN5O/c20-15-8-2-1-7-14(15)17-22-18(16(26)13-6-5-9-21-12-13)24-19(23-17)25-10-3-4-11-25/h1-2,5-9,12H,3-4,10-11H2. The SMILES string of the molecule is O=C(c1cccnc1)c1nc(-c2ccccc2Cl)nc(N2CCCC2)n1. The van der Waals surface area contributed by atoms with E-state index in [9.17, 15) is 4.79 Å². The number of halogens is 1. The van der Waals surface area contributed by atoms with Gasteiger partial charge in [0, 0.05) is 36.6 Å². The number of ketones is 1. The van der Waals surface area contributed by atoms with E-state index in [1.165, 1.54) is 6.20 Å². The highest BCUT2D eigenvalue weighted by Gasteiger charge is 2.22. The molecule has 2 aromatic heterocycles. The van der Waals surface area contributed by atoms with Crippen LogP contribution in [0.2, 0.25) is 5.02 Å². The molecule has 0 radical (unpaired) electrons. The van der Waals surface area contributed by atoms with Gasteiger partial charge < -0.3 is 4.90 Å². The largest absolute Gasteiger partial charge is 0.341 e. The smallest absolute Gasteiger partial charge is 0.231 e. The molecule has 3 aromatic rings. The van der Waals surface area contributed by atoms with E-state index in [0.29, 0.717) is 27.9 Å². The second-order valence-electron chi connectivity index (χ2n) is 6.03. The van der Waals surface area contributed by atoms with Crippen LogP contribution < -0.4 is 4.90 Å². The lowest BCUT2D eigenvalue weighted by atomic mass is 10.1. The van der Waals surface area contributed by atoms with Crippen LogP contribution in [0.1, 0.15) is 29.0 Å². The minimum Gasteiger partial charge on any atom is -0.341 e. The minimum atomic E-state index is -0.283. The van der Waals surface area contributed by atoms with E-state index in [1.54, 1.807) is 24.4 Å². The van der Waals surface area contributed by atoms with Crippen molar-refractivity contribution < 1.29 is 4.79 Å². The van der Waals surface area contributed by atoms with Crippen molar-refractivity contribution in [2.75, 3.05) is 18.0 Å².